The van der Waals surface area contributed by atoms with Crippen LogP contribution in [0.15, 0.2) is 41.5 Å². The summed E-state index contributed by atoms with van der Waals surface area (Å²) in [6, 6.07) is 6.87. The number of carbonyl (C=O) groups is 4. The standard InChI is InChI=1S/C39H53NO13/c1-19-22(51-33(46)28(43)26(20-14-11-15-20)40-34(47)53-35(2,3)4)17-39(49)31(52-32(45)21-12-9-8-10-13-21)29-37(7,23(41)16-24-38(29,48)18-50-24)30(44)27(42)25(19)36(39,5)6/h8-10,12-13,20,22-24,26-29,31,41-43,48-49H,11,14-18H2,1-7H3,(H,40,47)/t22?,23-,24+,26-,27+,28+,29-,31-,37+,38-,39+/m0/s1. The number of ether oxygens (including phenoxy) is 4. The van der Waals surface area contributed by atoms with Crippen molar-refractivity contribution in [2.75, 3.05) is 6.61 Å². The van der Waals surface area contributed by atoms with Crippen molar-refractivity contribution in [3.63, 3.8) is 0 Å². The zero-order chi connectivity index (χ0) is 39.1. The minimum absolute atomic E-state index is 0.0161. The minimum atomic E-state index is -2.27. The van der Waals surface area contributed by atoms with Crippen LogP contribution in [0.1, 0.15) is 90.9 Å². The Bertz CT molecular complexity index is 1670. The van der Waals surface area contributed by atoms with Gasteiger partial charge in [-0.1, -0.05) is 38.5 Å². The van der Waals surface area contributed by atoms with Crippen molar-refractivity contribution < 1.29 is 63.7 Å². The summed E-state index contributed by atoms with van der Waals surface area (Å²) in [5.41, 5.74) is -8.20. The molecule has 292 valence electrons. The topological polar surface area (TPSA) is 218 Å². The van der Waals surface area contributed by atoms with Crippen LogP contribution in [0.25, 0.3) is 0 Å². The predicted molar refractivity (Wildman–Crippen MR) is 186 cm³/mol. The quantitative estimate of drug-likeness (QED) is 0.134. The van der Waals surface area contributed by atoms with Gasteiger partial charge in [0.15, 0.2) is 11.9 Å². The number of hydrogen-bond acceptors (Lipinski definition) is 13. The highest BCUT2D eigenvalue weighted by molar-refractivity contribution is 5.94. The molecule has 1 saturated heterocycles. The zero-order valence-corrected chi connectivity index (χ0v) is 31.3. The van der Waals surface area contributed by atoms with Crippen LogP contribution in [0.3, 0.4) is 0 Å². The molecule has 6 rings (SSSR count). The van der Waals surface area contributed by atoms with Crippen LogP contribution in [0, 0.1) is 22.7 Å². The van der Waals surface area contributed by atoms with Crippen LogP contribution in [0.4, 0.5) is 4.79 Å². The Morgan fingerprint density at radius 1 is 1.02 bits per heavy atom. The van der Waals surface area contributed by atoms with Crippen molar-refractivity contribution >= 4 is 23.8 Å². The maximum atomic E-state index is 14.6. The second-order valence-corrected chi connectivity index (χ2v) is 17.3. The maximum Gasteiger partial charge on any atom is 0.407 e. The average molecular weight is 744 g/mol. The molecule has 53 heavy (non-hydrogen) atoms. The zero-order valence-electron chi connectivity index (χ0n) is 31.3. The second kappa shape index (κ2) is 13.4. The highest BCUT2D eigenvalue weighted by Gasteiger charge is 2.76. The van der Waals surface area contributed by atoms with Crippen molar-refractivity contribution in [3.8, 4) is 0 Å². The molecule has 0 spiro atoms. The Labute approximate surface area is 308 Å². The summed E-state index contributed by atoms with van der Waals surface area (Å²) in [6.45, 7) is 10.8. The number of hydrogen-bond donors (Lipinski definition) is 6. The van der Waals surface area contributed by atoms with Gasteiger partial charge in [-0.05, 0) is 76.7 Å². The minimum Gasteiger partial charge on any atom is -0.456 e. The van der Waals surface area contributed by atoms with Crippen molar-refractivity contribution in [1.82, 2.24) is 5.32 Å². The Morgan fingerprint density at radius 3 is 2.21 bits per heavy atom. The van der Waals surface area contributed by atoms with Crippen LogP contribution in [0.5, 0.6) is 0 Å². The number of aliphatic hydroxyl groups is 5. The van der Waals surface area contributed by atoms with Crippen molar-refractivity contribution in [2.24, 2.45) is 22.7 Å². The molecule has 2 bridgehead atoms. The van der Waals surface area contributed by atoms with Crippen molar-refractivity contribution in [1.29, 1.82) is 0 Å². The van der Waals surface area contributed by atoms with Gasteiger partial charge in [-0.2, -0.15) is 0 Å². The Balaban J connectivity index is 1.43. The van der Waals surface area contributed by atoms with Gasteiger partial charge in [0.2, 0.25) is 0 Å². The van der Waals surface area contributed by atoms with Crippen LogP contribution < -0.4 is 5.32 Å². The molecular weight excluding hydrogens is 690 g/mol. The summed E-state index contributed by atoms with van der Waals surface area (Å²) >= 11 is 0. The summed E-state index contributed by atoms with van der Waals surface area (Å²) in [5, 5.41) is 63.0. The van der Waals surface area contributed by atoms with Gasteiger partial charge in [0.05, 0.1) is 35.8 Å². The molecule has 14 heteroatoms. The Morgan fingerprint density at radius 2 is 1.66 bits per heavy atom. The summed E-state index contributed by atoms with van der Waals surface area (Å²) < 4.78 is 23.2. The lowest BCUT2D eigenvalue weighted by Crippen LogP contribution is -2.81. The molecule has 0 aromatic heterocycles. The molecule has 5 aliphatic rings. The van der Waals surface area contributed by atoms with E-state index in [-0.39, 0.29) is 35.7 Å². The molecule has 1 aliphatic heterocycles. The lowest BCUT2D eigenvalue weighted by Gasteiger charge is -2.66. The number of Topliss-reactive ketones (excluding diaryl/α,β-unsaturated/α-hetero) is 1. The lowest BCUT2D eigenvalue weighted by molar-refractivity contribution is -0.343. The van der Waals surface area contributed by atoms with E-state index < -0.39 is 106 Å². The van der Waals surface area contributed by atoms with E-state index >= 15 is 0 Å². The summed E-state index contributed by atoms with van der Waals surface area (Å²) in [7, 11) is 0. The predicted octanol–water partition coefficient (Wildman–Crippen LogP) is 2.12. The molecule has 0 radical (unpaired) electrons. The number of nitrogens with one attached hydrogen (secondary N) is 1. The number of ketones is 1. The van der Waals surface area contributed by atoms with Gasteiger partial charge in [-0.15, -0.1) is 0 Å². The number of amides is 1. The monoisotopic (exact) mass is 743 g/mol. The molecule has 1 aromatic rings. The smallest absolute Gasteiger partial charge is 0.407 e. The van der Waals surface area contributed by atoms with Crippen LogP contribution in [-0.4, -0.2) is 115 Å². The molecule has 4 fully saturated rings. The molecule has 1 aromatic carbocycles. The van der Waals surface area contributed by atoms with Gasteiger partial charge in [0.1, 0.15) is 35.1 Å². The molecule has 6 N–H and O–H groups in total. The highest BCUT2D eigenvalue weighted by Crippen LogP contribution is 2.63. The van der Waals surface area contributed by atoms with E-state index in [4.69, 9.17) is 18.9 Å². The van der Waals surface area contributed by atoms with Crippen LogP contribution in [-0.2, 0) is 28.5 Å². The summed E-state index contributed by atoms with van der Waals surface area (Å²) in [5.74, 6) is -4.65. The molecule has 1 amide bonds. The first kappa shape index (κ1) is 39.3. The lowest BCUT2D eigenvalue weighted by atomic mass is 9.44. The van der Waals surface area contributed by atoms with Crippen LogP contribution >= 0.6 is 0 Å². The molecule has 4 aliphatic carbocycles. The van der Waals surface area contributed by atoms with Gasteiger partial charge in [-0.3, -0.25) is 4.79 Å². The van der Waals surface area contributed by atoms with E-state index in [2.05, 4.69) is 5.32 Å². The fraction of sp³-hybridized carbons (Fsp3) is 0.692. The third-order valence-corrected chi connectivity index (χ3v) is 12.8. The third kappa shape index (κ3) is 6.28. The van der Waals surface area contributed by atoms with Gasteiger partial charge < -0.3 is 49.8 Å². The Kier molecular flexibility index (Phi) is 9.95. The first-order chi connectivity index (χ1) is 24.6. The number of alkyl carbamates (subject to hydrolysis) is 1. The number of rotatable bonds is 7. The largest absolute Gasteiger partial charge is 0.456 e. The van der Waals surface area contributed by atoms with E-state index in [1.165, 1.54) is 26.0 Å². The first-order valence-electron chi connectivity index (χ1n) is 18.4. The summed E-state index contributed by atoms with van der Waals surface area (Å²) in [4.78, 5) is 55.1. The van der Waals surface area contributed by atoms with Gasteiger partial charge >= 0.3 is 18.0 Å². The van der Waals surface area contributed by atoms with E-state index in [9.17, 15) is 44.7 Å². The summed E-state index contributed by atoms with van der Waals surface area (Å²) in [6.07, 6.45) is -8.72. The number of esters is 2. The number of carbonyl (C=O) groups excluding carboxylic acids is 4. The molecule has 1 heterocycles. The highest BCUT2D eigenvalue weighted by atomic mass is 16.6. The average Bonchev–Trinajstić information content (AvgIpc) is 3.05. The normalized spacial score (nSPS) is 37.6. The number of aliphatic hydroxyl groups excluding tert-OH is 3. The molecule has 3 saturated carbocycles. The van der Waals surface area contributed by atoms with Crippen LogP contribution in [0.2, 0.25) is 0 Å². The van der Waals surface area contributed by atoms with E-state index in [0.717, 1.165) is 6.42 Å². The molecular formula is C39H53NO13. The fourth-order valence-corrected chi connectivity index (χ4v) is 9.43. The first-order valence-corrected chi connectivity index (χ1v) is 18.4. The van der Waals surface area contributed by atoms with Gasteiger partial charge in [-0.25, -0.2) is 14.4 Å². The molecule has 11 atom stereocenters. The second-order valence-electron chi connectivity index (χ2n) is 17.3. The maximum absolute atomic E-state index is 14.6. The Hall–Kier alpha value is -3.40. The number of benzene rings is 1. The van der Waals surface area contributed by atoms with Crippen molar-refractivity contribution in [3.05, 3.63) is 47.0 Å². The van der Waals surface area contributed by atoms with Gasteiger partial charge in [0, 0.05) is 24.2 Å². The molecule has 14 nitrogen and oxygen atoms in total. The molecule has 1 unspecified atom stereocenters. The van der Waals surface area contributed by atoms with E-state index in [1.807, 2.05) is 0 Å². The van der Waals surface area contributed by atoms with Crippen molar-refractivity contribution in [2.45, 2.75) is 140 Å². The third-order valence-electron chi connectivity index (χ3n) is 12.8. The van der Waals surface area contributed by atoms with Gasteiger partial charge in [0.25, 0.3) is 0 Å². The number of fused-ring (bicyclic) bond motifs is 5. The van der Waals surface area contributed by atoms with E-state index in [0.29, 0.717) is 12.8 Å². The SMILES string of the molecule is CC1=C2[C@@H](O)C(=O)[C@@]3(C)[C@H]([C@H](OC(=O)c4ccccc4)[C@](O)(CC1OC(=O)[C@H](O)[C@@H](NC(=O)OC(C)(C)C)C1CCC1)C2(C)C)[C@]1(O)CO[C@@H]1C[C@@H]3O. The van der Waals surface area contributed by atoms with E-state index in [1.54, 1.807) is 52.8 Å². The fourth-order valence-electron chi connectivity index (χ4n) is 9.43.